The van der Waals surface area contributed by atoms with Crippen LogP contribution in [0.25, 0.3) is 16.6 Å². The first-order valence-electron chi connectivity index (χ1n) is 12.2. The van der Waals surface area contributed by atoms with E-state index in [0.717, 1.165) is 41.6 Å². The number of pyridine rings is 3. The van der Waals surface area contributed by atoms with Crippen LogP contribution in [0.1, 0.15) is 49.4 Å². The van der Waals surface area contributed by atoms with Gasteiger partial charge in [0.1, 0.15) is 18.4 Å². The van der Waals surface area contributed by atoms with E-state index in [2.05, 4.69) is 16.2 Å². The summed E-state index contributed by atoms with van der Waals surface area (Å²) in [5, 5.41) is 24.0. The summed E-state index contributed by atoms with van der Waals surface area (Å²) in [7, 11) is 1.60. The fraction of sp³-hybridized carbons (Fsp3) is 0.357. The van der Waals surface area contributed by atoms with Gasteiger partial charge in [-0.05, 0) is 50.8 Å². The number of ether oxygens (including phenoxy) is 2. The van der Waals surface area contributed by atoms with Crippen molar-refractivity contribution in [3.05, 3.63) is 71.9 Å². The van der Waals surface area contributed by atoms with E-state index >= 15 is 0 Å². The molecular formula is C28H30N6O3. The van der Waals surface area contributed by atoms with E-state index in [-0.39, 0.29) is 18.1 Å². The van der Waals surface area contributed by atoms with E-state index in [1.807, 2.05) is 42.7 Å². The Balaban J connectivity index is 1.34. The number of aromatic nitrogens is 4. The van der Waals surface area contributed by atoms with Gasteiger partial charge in [0.15, 0.2) is 0 Å². The summed E-state index contributed by atoms with van der Waals surface area (Å²) in [6, 6.07) is 12.0. The average Bonchev–Trinajstić information content (AvgIpc) is 3.29. The third kappa shape index (κ3) is 5.26. The molecule has 0 amide bonds. The topological polar surface area (TPSA) is 132 Å². The van der Waals surface area contributed by atoms with Gasteiger partial charge in [0.25, 0.3) is 0 Å². The molecule has 0 atom stereocenters. The summed E-state index contributed by atoms with van der Waals surface area (Å²) in [4.78, 5) is 9.03. The molecule has 0 bridgehead atoms. The summed E-state index contributed by atoms with van der Waals surface area (Å²) in [6.07, 6.45) is 9.33. The van der Waals surface area contributed by atoms with Crippen LogP contribution in [0.5, 0.6) is 11.6 Å². The Morgan fingerprint density at radius 1 is 1.19 bits per heavy atom. The summed E-state index contributed by atoms with van der Waals surface area (Å²) in [5.41, 5.74) is 10.3. The van der Waals surface area contributed by atoms with Gasteiger partial charge >= 0.3 is 0 Å². The van der Waals surface area contributed by atoms with Crippen LogP contribution in [0.3, 0.4) is 0 Å². The molecule has 0 spiro atoms. The van der Waals surface area contributed by atoms with E-state index in [1.165, 1.54) is 6.20 Å². The second-order valence-corrected chi connectivity index (χ2v) is 10.5. The highest BCUT2D eigenvalue weighted by atomic mass is 16.5. The Kier molecular flexibility index (Phi) is 6.31. The summed E-state index contributed by atoms with van der Waals surface area (Å²) < 4.78 is 12.6. The number of methoxy groups -OCH3 is 1. The fourth-order valence-electron chi connectivity index (χ4n) is 4.86. The van der Waals surface area contributed by atoms with E-state index in [4.69, 9.17) is 20.2 Å². The van der Waals surface area contributed by atoms with Crippen molar-refractivity contribution < 1.29 is 14.6 Å². The van der Waals surface area contributed by atoms with Gasteiger partial charge in [-0.25, -0.2) is 9.50 Å². The van der Waals surface area contributed by atoms with Crippen LogP contribution in [0.2, 0.25) is 0 Å². The van der Waals surface area contributed by atoms with Crippen molar-refractivity contribution in [1.29, 1.82) is 5.26 Å². The molecule has 5 rings (SSSR count). The first-order valence-corrected chi connectivity index (χ1v) is 12.2. The lowest BCUT2D eigenvalue weighted by molar-refractivity contribution is 0.0283. The highest BCUT2D eigenvalue weighted by Crippen LogP contribution is 2.44. The zero-order valence-corrected chi connectivity index (χ0v) is 21.2. The Morgan fingerprint density at radius 3 is 2.62 bits per heavy atom. The highest BCUT2D eigenvalue weighted by Gasteiger charge is 2.42. The minimum atomic E-state index is -0.981. The zero-order chi connectivity index (χ0) is 26.2. The molecule has 37 heavy (non-hydrogen) atoms. The molecule has 0 radical (unpaired) electrons. The minimum Gasteiger partial charge on any atom is -0.489 e. The number of hydrogen-bond donors (Lipinski definition) is 2. The average molecular weight is 499 g/mol. The molecule has 1 saturated carbocycles. The molecule has 190 valence electrons. The second-order valence-electron chi connectivity index (χ2n) is 10.5. The van der Waals surface area contributed by atoms with Gasteiger partial charge in [-0.15, -0.1) is 0 Å². The maximum atomic E-state index is 10.1. The number of rotatable bonds is 8. The molecule has 9 nitrogen and oxygen atoms in total. The van der Waals surface area contributed by atoms with E-state index in [0.29, 0.717) is 22.7 Å². The van der Waals surface area contributed by atoms with Crippen molar-refractivity contribution in [2.45, 2.75) is 50.2 Å². The maximum Gasteiger partial charge on any atom is 0.212 e. The largest absolute Gasteiger partial charge is 0.489 e. The van der Waals surface area contributed by atoms with Crippen LogP contribution in [0, 0.1) is 11.3 Å². The van der Waals surface area contributed by atoms with Gasteiger partial charge in [0.05, 0.1) is 36.2 Å². The molecule has 1 aliphatic carbocycles. The van der Waals surface area contributed by atoms with Crippen LogP contribution < -0.4 is 15.2 Å². The third-order valence-electron chi connectivity index (χ3n) is 6.68. The van der Waals surface area contributed by atoms with Crippen molar-refractivity contribution in [1.82, 2.24) is 19.6 Å². The minimum absolute atomic E-state index is 0.122. The highest BCUT2D eigenvalue weighted by molar-refractivity contribution is 5.85. The van der Waals surface area contributed by atoms with Gasteiger partial charge in [-0.3, -0.25) is 4.98 Å². The summed E-state index contributed by atoms with van der Waals surface area (Å²) >= 11 is 0. The molecule has 4 aromatic heterocycles. The zero-order valence-electron chi connectivity index (χ0n) is 21.2. The second kappa shape index (κ2) is 9.47. The monoisotopic (exact) mass is 498 g/mol. The quantitative estimate of drug-likeness (QED) is 0.376. The lowest BCUT2D eigenvalue weighted by Gasteiger charge is -2.45. The molecule has 0 unspecified atom stereocenters. The number of aliphatic hydroxyl groups is 1. The predicted molar refractivity (Wildman–Crippen MR) is 138 cm³/mol. The first kappa shape index (κ1) is 24.7. The normalized spacial score (nSPS) is 19.3. The maximum absolute atomic E-state index is 10.1. The van der Waals surface area contributed by atoms with Gasteiger partial charge in [0.2, 0.25) is 5.88 Å². The Morgan fingerprint density at radius 2 is 2.00 bits per heavy atom. The Hall–Kier alpha value is -4.00. The van der Waals surface area contributed by atoms with Crippen LogP contribution in [0.4, 0.5) is 0 Å². The number of fused-ring (bicyclic) bond motifs is 1. The van der Waals surface area contributed by atoms with E-state index in [9.17, 15) is 10.4 Å². The number of hydrogen-bond acceptors (Lipinski definition) is 8. The molecule has 9 heteroatoms. The van der Waals surface area contributed by atoms with Gasteiger partial charge in [-0.2, -0.15) is 10.4 Å². The van der Waals surface area contributed by atoms with Crippen LogP contribution in [-0.4, -0.2) is 49.5 Å². The molecular weight excluding hydrogens is 468 g/mol. The first-order chi connectivity index (χ1) is 17.7. The predicted octanol–water partition coefficient (Wildman–Crippen LogP) is 3.64. The van der Waals surface area contributed by atoms with Crippen molar-refractivity contribution in [3.63, 3.8) is 0 Å². The molecule has 1 aliphatic rings. The number of nitrogens with two attached hydrogens (primary N) is 1. The van der Waals surface area contributed by atoms with Gasteiger partial charge in [-0.1, -0.05) is 12.1 Å². The summed E-state index contributed by atoms with van der Waals surface area (Å²) in [5.74, 6) is 1.42. The van der Waals surface area contributed by atoms with Gasteiger partial charge in [0, 0.05) is 46.7 Å². The van der Waals surface area contributed by atoms with Crippen molar-refractivity contribution in [2.75, 3.05) is 13.7 Å². The number of nitrogens with zero attached hydrogens (tertiary/aromatic N) is 5. The number of nitriles is 1. The van der Waals surface area contributed by atoms with Crippen molar-refractivity contribution in [3.8, 4) is 28.8 Å². The summed E-state index contributed by atoms with van der Waals surface area (Å²) in [6.45, 7) is 3.49. The van der Waals surface area contributed by atoms with Crippen LogP contribution in [0.15, 0.2) is 55.1 Å². The smallest absolute Gasteiger partial charge is 0.212 e. The van der Waals surface area contributed by atoms with Crippen LogP contribution >= 0.6 is 0 Å². The van der Waals surface area contributed by atoms with Crippen molar-refractivity contribution in [2.24, 2.45) is 5.73 Å². The molecule has 0 aromatic carbocycles. The molecule has 4 heterocycles. The molecule has 0 saturated heterocycles. The van der Waals surface area contributed by atoms with Crippen molar-refractivity contribution >= 4 is 5.52 Å². The standard InChI is InChI=1S/C28H30N6O3/c1-27(2,35)17-37-22-8-23(26-21(12-29)15-33-34(26)16-22)19-5-6-24(31-14-19)20-10-28(30,11-20)9-18-4-7-25(36-3)32-13-18/h4-8,13-16,20,35H,9-11,17,30H2,1-3H3. The third-order valence-corrected chi connectivity index (χ3v) is 6.68. The molecule has 0 aliphatic heterocycles. The molecule has 1 fully saturated rings. The lowest BCUT2D eigenvalue weighted by atomic mass is 9.65. The van der Waals surface area contributed by atoms with Gasteiger partial charge < -0.3 is 20.3 Å². The van der Waals surface area contributed by atoms with E-state index < -0.39 is 5.60 Å². The Bertz CT molecular complexity index is 1440. The lowest BCUT2D eigenvalue weighted by Crippen LogP contribution is -2.52. The molecule has 3 N–H and O–H groups in total. The van der Waals surface area contributed by atoms with Crippen LogP contribution in [-0.2, 0) is 6.42 Å². The Labute approximate surface area is 215 Å². The fourth-order valence-corrected chi connectivity index (χ4v) is 4.86. The van der Waals surface area contributed by atoms with E-state index in [1.54, 1.807) is 31.7 Å². The molecule has 4 aromatic rings. The SMILES string of the molecule is COc1ccc(CC2(N)CC(c3ccc(-c4cc(OCC(C)(C)O)cn5ncc(C#N)c45)cn3)C2)cn1.